The lowest BCUT2D eigenvalue weighted by atomic mass is 9.82. The molecule has 0 bridgehead atoms. The molecule has 2 aromatic rings. The van der Waals surface area contributed by atoms with E-state index in [1.807, 2.05) is 23.4 Å². The Morgan fingerprint density at radius 2 is 1.97 bits per heavy atom. The average Bonchev–Trinajstić information content (AvgIpc) is 2.69. The van der Waals surface area contributed by atoms with Crippen LogP contribution in [0.4, 0.5) is 4.39 Å². The predicted molar refractivity (Wildman–Crippen MR) is 115 cm³/mol. The van der Waals surface area contributed by atoms with Gasteiger partial charge in [0.15, 0.2) is 0 Å². The quantitative estimate of drug-likeness (QED) is 0.782. The van der Waals surface area contributed by atoms with Gasteiger partial charge in [-0.25, -0.2) is 9.37 Å². The van der Waals surface area contributed by atoms with Gasteiger partial charge < -0.3 is 9.80 Å². The van der Waals surface area contributed by atoms with Crippen molar-refractivity contribution in [3.05, 3.63) is 77.1 Å². The lowest BCUT2D eigenvalue weighted by Gasteiger charge is -2.53. The number of amides is 1. The number of pyridine rings is 1. The van der Waals surface area contributed by atoms with Crippen molar-refractivity contribution in [1.82, 2.24) is 14.8 Å². The van der Waals surface area contributed by atoms with Crippen molar-refractivity contribution < 1.29 is 9.18 Å². The Labute approximate surface area is 175 Å². The number of aromatic nitrogens is 1. The first kappa shape index (κ1) is 18.7. The van der Waals surface area contributed by atoms with E-state index < -0.39 is 0 Å². The summed E-state index contributed by atoms with van der Waals surface area (Å²) >= 11 is 0. The summed E-state index contributed by atoms with van der Waals surface area (Å²) in [4.78, 5) is 25.7. The summed E-state index contributed by atoms with van der Waals surface area (Å²) in [5.74, 6) is 0.267. The third kappa shape index (κ3) is 3.43. The fraction of sp³-hybridized carbons (Fsp3) is 0.292. The third-order valence-electron chi connectivity index (χ3n) is 6.25. The minimum absolute atomic E-state index is 0.0232. The Kier molecular flexibility index (Phi) is 4.69. The Bertz CT molecular complexity index is 1070. The van der Waals surface area contributed by atoms with Crippen molar-refractivity contribution in [2.45, 2.75) is 19.4 Å². The van der Waals surface area contributed by atoms with Crippen molar-refractivity contribution in [2.24, 2.45) is 10.9 Å². The molecule has 0 saturated carbocycles. The van der Waals surface area contributed by atoms with E-state index in [4.69, 9.17) is 4.98 Å². The summed E-state index contributed by atoms with van der Waals surface area (Å²) in [5, 5.41) is 0. The molecule has 6 heteroatoms. The highest BCUT2D eigenvalue weighted by Crippen LogP contribution is 2.33. The van der Waals surface area contributed by atoms with Crippen LogP contribution in [0.25, 0.3) is 11.6 Å². The maximum Gasteiger partial charge on any atom is 0.253 e. The molecule has 4 heterocycles. The zero-order chi connectivity index (χ0) is 20.7. The van der Waals surface area contributed by atoms with Crippen LogP contribution in [0.3, 0.4) is 0 Å². The highest BCUT2D eigenvalue weighted by molar-refractivity contribution is 6.13. The van der Waals surface area contributed by atoms with Crippen LogP contribution in [0.1, 0.15) is 33.7 Å². The molecule has 1 aromatic carbocycles. The van der Waals surface area contributed by atoms with Crippen LogP contribution in [0.15, 0.2) is 53.8 Å². The molecule has 1 aromatic heterocycles. The van der Waals surface area contributed by atoms with Crippen LogP contribution in [-0.4, -0.2) is 52.6 Å². The van der Waals surface area contributed by atoms with E-state index in [1.165, 1.54) is 12.1 Å². The summed E-state index contributed by atoms with van der Waals surface area (Å²) in [7, 11) is 0. The molecule has 3 aliphatic heterocycles. The number of aliphatic imine (C=N–C) groups is 1. The zero-order valence-corrected chi connectivity index (χ0v) is 16.8. The maximum absolute atomic E-state index is 13.2. The highest BCUT2D eigenvalue weighted by atomic mass is 19.1. The lowest BCUT2D eigenvalue weighted by molar-refractivity contribution is -0.00612. The Morgan fingerprint density at radius 3 is 2.70 bits per heavy atom. The Morgan fingerprint density at radius 1 is 1.17 bits per heavy atom. The van der Waals surface area contributed by atoms with E-state index in [0.29, 0.717) is 24.1 Å². The molecular weight excluding hydrogens is 379 g/mol. The number of carbonyl (C=O) groups excluding carboxylic acids is 1. The van der Waals surface area contributed by atoms with E-state index in [-0.39, 0.29) is 11.7 Å². The number of aryl methyl sites for hydroxylation is 1. The molecule has 0 aliphatic carbocycles. The molecule has 152 valence electrons. The largest absolute Gasteiger partial charge is 0.372 e. The molecule has 0 N–H and O–H groups in total. The zero-order valence-electron chi connectivity index (χ0n) is 16.8. The molecule has 2 atom stereocenters. The number of hydrogen-bond donors (Lipinski definition) is 0. The second-order valence-corrected chi connectivity index (χ2v) is 8.15. The molecule has 0 spiro atoms. The van der Waals surface area contributed by atoms with E-state index in [2.05, 4.69) is 35.2 Å². The van der Waals surface area contributed by atoms with Crippen molar-refractivity contribution in [2.75, 3.05) is 19.6 Å². The van der Waals surface area contributed by atoms with Gasteiger partial charge >= 0.3 is 0 Å². The van der Waals surface area contributed by atoms with Crippen molar-refractivity contribution >= 4 is 23.8 Å². The van der Waals surface area contributed by atoms with Crippen molar-refractivity contribution in [1.29, 1.82) is 0 Å². The second kappa shape index (κ2) is 7.52. The summed E-state index contributed by atoms with van der Waals surface area (Å²) in [6.45, 7) is 4.52. The van der Waals surface area contributed by atoms with Gasteiger partial charge in [-0.15, -0.1) is 0 Å². The fourth-order valence-corrected chi connectivity index (χ4v) is 4.29. The van der Waals surface area contributed by atoms with Gasteiger partial charge in [-0.2, -0.15) is 0 Å². The van der Waals surface area contributed by atoms with Crippen LogP contribution in [0, 0.1) is 18.7 Å². The van der Waals surface area contributed by atoms with E-state index in [9.17, 15) is 9.18 Å². The van der Waals surface area contributed by atoms with E-state index >= 15 is 0 Å². The minimum atomic E-state index is -0.325. The molecule has 2 fully saturated rings. The van der Waals surface area contributed by atoms with Crippen LogP contribution < -0.4 is 0 Å². The second-order valence-electron chi connectivity index (χ2n) is 8.15. The first-order valence-electron chi connectivity index (χ1n) is 10.3. The number of carbonyl (C=O) groups is 1. The number of hydrogen-bond acceptors (Lipinski definition) is 4. The van der Waals surface area contributed by atoms with Crippen molar-refractivity contribution in [3.8, 4) is 0 Å². The number of halogens is 1. The smallest absolute Gasteiger partial charge is 0.253 e. The average molecular weight is 402 g/mol. The first-order chi connectivity index (χ1) is 14.6. The van der Waals surface area contributed by atoms with Crippen molar-refractivity contribution in [3.63, 3.8) is 0 Å². The molecule has 5 rings (SSSR count). The summed E-state index contributed by atoms with van der Waals surface area (Å²) in [5.41, 5.74) is 4.61. The topological polar surface area (TPSA) is 48.8 Å². The SMILES string of the molecule is Cc1ccc(C2=CN=C2)nc1/C=C\N1CC2CCN(C(=O)c3ccc(F)cc3)CC21. The molecule has 3 aliphatic rings. The van der Waals surface area contributed by atoms with Gasteiger partial charge in [0.25, 0.3) is 5.91 Å². The van der Waals surface area contributed by atoms with Crippen LogP contribution in [0.2, 0.25) is 0 Å². The molecule has 2 unspecified atom stereocenters. The summed E-state index contributed by atoms with van der Waals surface area (Å²) < 4.78 is 13.2. The van der Waals surface area contributed by atoms with Gasteiger partial charge in [0, 0.05) is 55.3 Å². The maximum atomic E-state index is 13.2. The predicted octanol–water partition coefficient (Wildman–Crippen LogP) is 3.77. The number of allylic oxidation sites excluding steroid dienone is 1. The Balaban J connectivity index is 1.26. The van der Waals surface area contributed by atoms with E-state index in [1.54, 1.807) is 12.1 Å². The monoisotopic (exact) mass is 402 g/mol. The minimum Gasteiger partial charge on any atom is -0.372 e. The van der Waals surface area contributed by atoms with Gasteiger partial charge in [-0.05, 0) is 55.3 Å². The summed E-state index contributed by atoms with van der Waals surface area (Å²) in [6.07, 6.45) is 8.81. The molecule has 5 nitrogen and oxygen atoms in total. The number of nitrogens with zero attached hydrogens (tertiary/aromatic N) is 4. The van der Waals surface area contributed by atoms with Crippen LogP contribution in [-0.2, 0) is 0 Å². The van der Waals surface area contributed by atoms with E-state index in [0.717, 1.165) is 42.0 Å². The van der Waals surface area contributed by atoms with Gasteiger partial charge in [0.2, 0.25) is 0 Å². The first-order valence-corrected chi connectivity index (χ1v) is 10.3. The van der Waals surface area contributed by atoms with Gasteiger partial charge in [0.1, 0.15) is 5.82 Å². The molecule has 1 amide bonds. The normalized spacial score (nSPS) is 22.4. The molecule has 0 radical (unpaired) electrons. The number of benzene rings is 1. The number of rotatable bonds is 4. The Hall–Kier alpha value is -3.28. The van der Waals surface area contributed by atoms with Gasteiger partial charge in [0.05, 0.1) is 17.4 Å². The third-order valence-corrected chi connectivity index (χ3v) is 6.25. The van der Waals surface area contributed by atoms with Crippen LogP contribution >= 0.6 is 0 Å². The van der Waals surface area contributed by atoms with Crippen LogP contribution in [0.5, 0.6) is 0 Å². The summed E-state index contributed by atoms with van der Waals surface area (Å²) in [6, 6.07) is 10.2. The highest BCUT2D eigenvalue weighted by Gasteiger charge is 2.42. The molecule has 30 heavy (non-hydrogen) atoms. The lowest BCUT2D eigenvalue weighted by Crippen LogP contribution is -2.62. The molecular formula is C24H23FN4O. The number of likely N-dealkylation sites (tertiary alicyclic amines) is 2. The van der Waals surface area contributed by atoms with Gasteiger partial charge in [-0.1, -0.05) is 6.07 Å². The van der Waals surface area contributed by atoms with Gasteiger partial charge in [-0.3, -0.25) is 9.79 Å². The number of piperidine rings is 1. The fourth-order valence-electron chi connectivity index (χ4n) is 4.29. The molecule has 2 saturated heterocycles. The number of fused-ring (bicyclic) bond motifs is 1. The standard InChI is InChI=1S/C24H23FN4O/c1-16-2-7-22(19-12-26-13-19)27-21(16)9-11-28-14-18-8-10-29(15-23(18)28)24(30)17-3-5-20(25)6-4-17/h2-7,9,11-13,18,23H,8,10,14-15H2,1H3/b11-9-.